The molecule has 1 heterocycles. The van der Waals surface area contributed by atoms with Gasteiger partial charge < -0.3 is 10.6 Å². The molecule has 2 rings (SSSR count). The Bertz CT molecular complexity index is 449. The monoisotopic (exact) mass is 353 g/mol. The highest BCUT2D eigenvalue weighted by Crippen LogP contribution is 2.33. The summed E-state index contributed by atoms with van der Waals surface area (Å²) in [5.41, 5.74) is 7.82. The van der Waals surface area contributed by atoms with Crippen LogP contribution < -0.4 is 5.73 Å². The predicted molar refractivity (Wildman–Crippen MR) is 93.4 cm³/mol. The van der Waals surface area contributed by atoms with Crippen LogP contribution in [0.1, 0.15) is 37.8 Å². The molecule has 0 spiro atoms. The third-order valence-corrected chi connectivity index (χ3v) is 5.37. The molecule has 0 saturated carbocycles. The summed E-state index contributed by atoms with van der Waals surface area (Å²) in [6.45, 7) is 4.43. The minimum atomic E-state index is 0.171. The average molecular weight is 354 g/mol. The van der Waals surface area contributed by atoms with Gasteiger partial charge in [0.2, 0.25) is 0 Å². The van der Waals surface area contributed by atoms with Crippen LogP contribution in [0.25, 0.3) is 0 Å². The van der Waals surface area contributed by atoms with Crippen LogP contribution in [-0.4, -0.2) is 49.1 Å². The van der Waals surface area contributed by atoms with E-state index in [0.717, 1.165) is 19.5 Å². The number of hydrogen-bond acceptors (Lipinski definition) is 3. The van der Waals surface area contributed by atoms with Crippen molar-refractivity contribution in [1.82, 2.24) is 9.80 Å². The minimum absolute atomic E-state index is 0.171. The molecule has 2 N–H and O–H groups in total. The summed E-state index contributed by atoms with van der Waals surface area (Å²) in [5.74, 6) is 0. The maximum absolute atomic E-state index is 6.49. The van der Waals surface area contributed by atoms with E-state index in [1.807, 2.05) is 0 Å². The summed E-state index contributed by atoms with van der Waals surface area (Å²) in [6.07, 6.45) is 3.53. The van der Waals surface area contributed by atoms with Crippen molar-refractivity contribution in [1.29, 1.82) is 0 Å². The fraction of sp³-hybridized carbons (Fsp3) is 0.647. The van der Waals surface area contributed by atoms with Gasteiger partial charge >= 0.3 is 0 Å². The molecule has 118 valence electrons. The third-order valence-electron chi connectivity index (χ3n) is 4.65. The highest BCUT2D eigenvalue weighted by atomic mass is 79.9. The molecule has 3 unspecified atom stereocenters. The maximum Gasteiger partial charge on any atom is 0.0510 e. The average Bonchev–Trinajstić information content (AvgIpc) is 2.49. The fourth-order valence-electron chi connectivity index (χ4n) is 3.29. The Morgan fingerprint density at radius 2 is 2.10 bits per heavy atom. The number of nitrogens with zero attached hydrogens (tertiary/aromatic N) is 2. The van der Waals surface area contributed by atoms with Gasteiger partial charge in [-0.05, 0) is 51.5 Å². The normalized spacial score (nSPS) is 23.2. The highest BCUT2D eigenvalue weighted by Gasteiger charge is 2.31. The van der Waals surface area contributed by atoms with E-state index in [0.29, 0.717) is 12.1 Å². The van der Waals surface area contributed by atoms with E-state index in [1.54, 1.807) is 0 Å². The van der Waals surface area contributed by atoms with Crippen LogP contribution in [0.5, 0.6) is 0 Å². The van der Waals surface area contributed by atoms with Crippen LogP contribution in [0.4, 0.5) is 0 Å². The zero-order valence-corrected chi connectivity index (χ0v) is 15.0. The molecule has 4 heteroatoms. The van der Waals surface area contributed by atoms with E-state index in [-0.39, 0.29) is 6.04 Å². The number of hydrogen-bond donors (Lipinski definition) is 1. The fourth-order valence-corrected chi connectivity index (χ4v) is 3.81. The molecular formula is C17H28BrN3. The molecule has 1 aliphatic rings. The largest absolute Gasteiger partial charge is 0.326 e. The molecule has 0 bridgehead atoms. The van der Waals surface area contributed by atoms with Gasteiger partial charge in [0.05, 0.1) is 6.04 Å². The van der Waals surface area contributed by atoms with Crippen molar-refractivity contribution in [3.63, 3.8) is 0 Å². The summed E-state index contributed by atoms with van der Waals surface area (Å²) in [6, 6.07) is 9.62. The van der Waals surface area contributed by atoms with Gasteiger partial charge in [0.1, 0.15) is 0 Å². The Balaban J connectivity index is 2.26. The van der Waals surface area contributed by atoms with Crippen molar-refractivity contribution in [3.05, 3.63) is 34.3 Å². The number of likely N-dealkylation sites (N-methyl/N-ethyl adjacent to an activating group) is 1. The number of piperidine rings is 1. The molecule has 1 aromatic rings. The van der Waals surface area contributed by atoms with Crippen LogP contribution >= 0.6 is 15.9 Å². The number of rotatable bonds is 5. The van der Waals surface area contributed by atoms with Crippen molar-refractivity contribution in [2.24, 2.45) is 5.73 Å². The molecular weight excluding hydrogens is 326 g/mol. The van der Waals surface area contributed by atoms with Crippen LogP contribution in [0.15, 0.2) is 28.7 Å². The first-order valence-electron chi connectivity index (χ1n) is 7.95. The SMILES string of the molecule is CCC(N)C(c1ccccc1Br)N1CCCC(N(C)C)C1. The molecule has 0 aromatic heterocycles. The molecule has 0 aliphatic carbocycles. The van der Waals surface area contributed by atoms with Crippen LogP contribution in [0, 0.1) is 0 Å². The van der Waals surface area contributed by atoms with Crippen LogP contribution in [-0.2, 0) is 0 Å². The van der Waals surface area contributed by atoms with Crippen LogP contribution in [0.2, 0.25) is 0 Å². The van der Waals surface area contributed by atoms with Gasteiger partial charge in [-0.1, -0.05) is 41.1 Å². The van der Waals surface area contributed by atoms with Gasteiger partial charge in [0, 0.05) is 23.1 Å². The molecule has 1 fully saturated rings. The molecule has 1 saturated heterocycles. The van der Waals surface area contributed by atoms with E-state index >= 15 is 0 Å². The Labute approximate surface area is 137 Å². The quantitative estimate of drug-likeness (QED) is 0.881. The van der Waals surface area contributed by atoms with Gasteiger partial charge in [-0.15, -0.1) is 0 Å². The van der Waals surface area contributed by atoms with E-state index in [2.05, 4.69) is 71.0 Å². The summed E-state index contributed by atoms with van der Waals surface area (Å²) < 4.78 is 1.17. The first-order chi connectivity index (χ1) is 10.0. The Morgan fingerprint density at radius 3 is 2.71 bits per heavy atom. The summed E-state index contributed by atoms with van der Waals surface area (Å²) >= 11 is 3.71. The molecule has 0 amide bonds. The predicted octanol–water partition coefficient (Wildman–Crippen LogP) is 3.25. The Morgan fingerprint density at radius 1 is 1.38 bits per heavy atom. The van der Waals surface area contributed by atoms with Crippen LogP contribution in [0.3, 0.4) is 0 Å². The Kier molecular flexibility index (Phi) is 6.23. The summed E-state index contributed by atoms with van der Waals surface area (Å²) in [7, 11) is 4.36. The van der Waals surface area contributed by atoms with E-state index < -0.39 is 0 Å². The summed E-state index contributed by atoms with van der Waals surface area (Å²) in [5, 5.41) is 0. The smallest absolute Gasteiger partial charge is 0.0510 e. The first kappa shape index (κ1) is 16.9. The molecule has 1 aliphatic heterocycles. The van der Waals surface area contributed by atoms with E-state index in [1.165, 1.54) is 22.9 Å². The lowest BCUT2D eigenvalue weighted by atomic mass is 9.93. The number of halogens is 1. The van der Waals surface area contributed by atoms with Crippen molar-refractivity contribution >= 4 is 15.9 Å². The standard InChI is InChI=1S/C17H28BrN3/c1-4-16(19)17(14-9-5-6-10-15(14)18)21-11-7-8-13(12-21)20(2)3/h5-6,9-10,13,16-17H,4,7-8,11-12,19H2,1-3H3. The molecule has 3 nitrogen and oxygen atoms in total. The molecule has 21 heavy (non-hydrogen) atoms. The van der Waals surface area contributed by atoms with Gasteiger partial charge in [0.25, 0.3) is 0 Å². The van der Waals surface area contributed by atoms with Gasteiger partial charge in [-0.2, -0.15) is 0 Å². The highest BCUT2D eigenvalue weighted by molar-refractivity contribution is 9.10. The second-order valence-corrected chi connectivity index (χ2v) is 7.15. The minimum Gasteiger partial charge on any atom is -0.326 e. The molecule has 1 aromatic carbocycles. The second kappa shape index (κ2) is 7.73. The van der Waals surface area contributed by atoms with Gasteiger partial charge in [-0.3, -0.25) is 4.90 Å². The van der Waals surface area contributed by atoms with E-state index in [4.69, 9.17) is 5.73 Å². The number of likely N-dealkylation sites (tertiary alicyclic amines) is 1. The number of nitrogens with two attached hydrogens (primary N) is 1. The van der Waals surface area contributed by atoms with Crippen molar-refractivity contribution in [2.45, 2.75) is 44.3 Å². The van der Waals surface area contributed by atoms with Crippen molar-refractivity contribution in [3.8, 4) is 0 Å². The Hall–Kier alpha value is -0.420. The van der Waals surface area contributed by atoms with Gasteiger partial charge in [-0.25, -0.2) is 0 Å². The topological polar surface area (TPSA) is 32.5 Å². The maximum atomic E-state index is 6.49. The summed E-state index contributed by atoms with van der Waals surface area (Å²) in [4.78, 5) is 4.93. The zero-order valence-electron chi connectivity index (χ0n) is 13.4. The van der Waals surface area contributed by atoms with E-state index in [9.17, 15) is 0 Å². The molecule has 0 radical (unpaired) electrons. The number of benzene rings is 1. The molecule has 3 atom stereocenters. The lowest BCUT2D eigenvalue weighted by Crippen LogP contribution is -2.50. The van der Waals surface area contributed by atoms with Crippen molar-refractivity contribution in [2.75, 3.05) is 27.2 Å². The first-order valence-corrected chi connectivity index (χ1v) is 8.74. The van der Waals surface area contributed by atoms with Crippen molar-refractivity contribution < 1.29 is 0 Å². The van der Waals surface area contributed by atoms with Gasteiger partial charge in [0.15, 0.2) is 0 Å². The lowest BCUT2D eigenvalue weighted by molar-refractivity contribution is 0.0829. The lowest BCUT2D eigenvalue weighted by Gasteiger charge is -2.43. The third kappa shape index (κ3) is 4.07. The zero-order chi connectivity index (χ0) is 15.4. The second-order valence-electron chi connectivity index (χ2n) is 6.29.